The fraction of sp³-hybridized carbons (Fsp3) is 0.529. The zero-order valence-corrected chi connectivity index (χ0v) is 15.2. The highest BCUT2D eigenvalue weighted by atomic mass is 32.2. The number of hydrogen-bond donors (Lipinski definition) is 2. The third kappa shape index (κ3) is 5.27. The second kappa shape index (κ2) is 8.96. The van der Waals surface area contributed by atoms with Crippen LogP contribution in [0, 0.1) is 5.92 Å². The number of carbonyl (C=O) groups excluding carboxylic acids is 2. The molecular formula is C17H25N3O4S. The van der Waals surface area contributed by atoms with Gasteiger partial charge in [-0.1, -0.05) is 25.1 Å². The summed E-state index contributed by atoms with van der Waals surface area (Å²) < 4.78 is 26.5. The Morgan fingerprint density at radius 1 is 1.12 bits per heavy atom. The van der Waals surface area contributed by atoms with E-state index >= 15 is 0 Å². The number of nitrogens with zero attached hydrogens (tertiary/aromatic N) is 1. The van der Waals surface area contributed by atoms with Gasteiger partial charge in [-0.15, -0.1) is 0 Å². The molecule has 0 atom stereocenters. The number of nitrogens with one attached hydrogen (secondary N) is 2. The highest BCUT2D eigenvalue weighted by Gasteiger charge is 2.31. The van der Waals surface area contributed by atoms with Gasteiger partial charge in [-0.3, -0.25) is 9.59 Å². The Morgan fingerprint density at radius 2 is 1.76 bits per heavy atom. The molecule has 1 aromatic carbocycles. The van der Waals surface area contributed by atoms with Gasteiger partial charge in [-0.2, -0.15) is 4.31 Å². The first-order chi connectivity index (χ1) is 11.9. The third-order valence-corrected chi connectivity index (χ3v) is 6.11. The second-order valence-corrected chi connectivity index (χ2v) is 8.00. The fourth-order valence-corrected chi connectivity index (χ4v) is 4.23. The molecule has 2 rings (SSSR count). The summed E-state index contributed by atoms with van der Waals surface area (Å²) >= 11 is 0. The monoisotopic (exact) mass is 367 g/mol. The maximum atomic E-state index is 12.6. The van der Waals surface area contributed by atoms with E-state index in [2.05, 4.69) is 10.6 Å². The molecule has 2 amide bonds. The van der Waals surface area contributed by atoms with E-state index in [1.54, 1.807) is 30.3 Å². The average Bonchev–Trinajstić information content (AvgIpc) is 2.65. The molecule has 138 valence electrons. The summed E-state index contributed by atoms with van der Waals surface area (Å²) in [6.07, 6.45) is 1.75. The minimum absolute atomic E-state index is 0.0403. The number of rotatable bonds is 7. The molecule has 0 unspecified atom stereocenters. The van der Waals surface area contributed by atoms with Gasteiger partial charge in [-0.25, -0.2) is 8.42 Å². The molecule has 1 aromatic rings. The summed E-state index contributed by atoms with van der Waals surface area (Å²) in [5.41, 5.74) is 0. The van der Waals surface area contributed by atoms with Crippen LogP contribution in [0.1, 0.15) is 26.2 Å². The minimum atomic E-state index is -3.51. The summed E-state index contributed by atoms with van der Waals surface area (Å²) in [5, 5.41) is 5.32. The molecule has 7 nitrogen and oxygen atoms in total. The Labute approximate surface area is 148 Å². The largest absolute Gasteiger partial charge is 0.355 e. The van der Waals surface area contributed by atoms with Gasteiger partial charge in [0, 0.05) is 25.6 Å². The fourth-order valence-electron chi connectivity index (χ4n) is 2.74. The van der Waals surface area contributed by atoms with Gasteiger partial charge in [0.1, 0.15) is 0 Å². The van der Waals surface area contributed by atoms with Crippen LogP contribution in [0.15, 0.2) is 35.2 Å². The highest BCUT2D eigenvalue weighted by Crippen LogP contribution is 2.23. The Bertz CT molecular complexity index is 683. The molecule has 0 radical (unpaired) electrons. The molecule has 1 aliphatic heterocycles. The molecule has 0 aromatic heterocycles. The zero-order valence-electron chi connectivity index (χ0n) is 14.4. The van der Waals surface area contributed by atoms with Crippen molar-refractivity contribution in [1.82, 2.24) is 14.9 Å². The molecule has 1 aliphatic rings. The van der Waals surface area contributed by atoms with Crippen LogP contribution < -0.4 is 10.6 Å². The lowest BCUT2D eigenvalue weighted by Gasteiger charge is -2.30. The van der Waals surface area contributed by atoms with Gasteiger partial charge < -0.3 is 10.6 Å². The van der Waals surface area contributed by atoms with Crippen LogP contribution in [0.4, 0.5) is 0 Å². The van der Waals surface area contributed by atoms with Crippen LogP contribution in [0.5, 0.6) is 0 Å². The Balaban J connectivity index is 1.83. The quantitative estimate of drug-likeness (QED) is 0.743. The first kappa shape index (κ1) is 19.4. The number of hydrogen-bond acceptors (Lipinski definition) is 4. The normalized spacial score (nSPS) is 16.4. The van der Waals surface area contributed by atoms with Gasteiger partial charge in [0.25, 0.3) is 0 Å². The number of carbonyl (C=O) groups is 2. The lowest BCUT2D eigenvalue weighted by atomic mass is 9.97. The van der Waals surface area contributed by atoms with Gasteiger partial charge in [-0.05, 0) is 31.4 Å². The van der Waals surface area contributed by atoms with Crippen molar-refractivity contribution in [3.63, 3.8) is 0 Å². The Kier molecular flexibility index (Phi) is 6.95. The molecular weight excluding hydrogens is 342 g/mol. The van der Waals surface area contributed by atoms with Crippen LogP contribution in [0.2, 0.25) is 0 Å². The molecule has 25 heavy (non-hydrogen) atoms. The molecule has 0 bridgehead atoms. The van der Waals surface area contributed by atoms with Crippen molar-refractivity contribution in [2.45, 2.75) is 31.1 Å². The predicted octanol–water partition coefficient (Wildman–Crippen LogP) is 0.730. The minimum Gasteiger partial charge on any atom is -0.355 e. The highest BCUT2D eigenvalue weighted by molar-refractivity contribution is 7.89. The van der Waals surface area contributed by atoms with E-state index in [9.17, 15) is 18.0 Å². The summed E-state index contributed by atoms with van der Waals surface area (Å²) in [5.74, 6) is -0.663. The van der Waals surface area contributed by atoms with E-state index in [4.69, 9.17) is 0 Å². The van der Waals surface area contributed by atoms with E-state index in [0.717, 1.165) is 6.42 Å². The van der Waals surface area contributed by atoms with Crippen molar-refractivity contribution in [3.05, 3.63) is 30.3 Å². The van der Waals surface area contributed by atoms with Gasteiger partial charge >= 0.3 is 0 Å². The van der Waals surface area contributed by atoms with Crippen molar-refractivity contribution < 1.29 is 18.0 Å². The van der Waals surface area contributed by atoms with Crippen LogP contribution in [-0.2, 0) is 19.6 Å². The summed E-state index contributed by atoms with van der Waals surface area (Å²) in [6.45, 7) is 3.11. The molecule has 1 saturated heterocycles. The Morgan fingerprint density at radius 3 is 2.36 bits per heavy atom. The van der Waals surface area contributed by atoms with Gasteiger partial charge in [0.05, 0.1) is 11.4 Å². The first-order valence-corrected chi connectivity index (χ1v) is 9.98. The van der Waals surface area contributed by atoms with Gasteiger partial charge in [0.15, 0.2) is 0 Å². The van der Waals surface area contributed by atoms with Crippen LogP contribution in [0.3, 0.4) is 0 Å². The van der Waals surface area contributed by atoms with E-state index in [0.29, 0.717) is 32.5 Å². The van der Waals surface area contributed by atoms with Crippen molar-refractivity contribution in [1.29, 1.82) is 0 Å². The maximum absolute atomic E-state index is 12.6. The van der Waals surface area contributed by atoms with E-state index in [-0.39, 0.29) is 29.2 Å². The molecule has 1 fully saturated rings. The smallest absolute Gasteiger partial charge is 0.243 e. The average molecular weight is 367 g/mol. The number of sulfonamides is 1. The molecule has 0 spiro atoms. The first-order valence-electron chi connectivity index (χ1n) is 8.54. The topological polar surface area (TPSA) is 95.6 Å². The third-order valence-electron chi connectivity index (χ3n) is 4.20. The Hall–Kier alpha value is -1.93. The molecule has 0 saturated carbocycles. The lowest BCUT2D eigenvalue weighted by Crippen LogP contribution is -2.45. The number of amides is 2. The van der Waals surface area contributed by atoms with Crippen molar-refractivity contribution in [3.8, 4) is 0 Å². The van der Waals surface area contributed by atoms with Crippen LogP contribution in [-0.4, -0.2) is 50.7 Å². The van der Waals surface area contributed by atoms with Crippen LogP contribution >= 0.6 is 0 Å². The predicted molar refractivity (Wildman–Crippen MR) is 94.2 cm³/mol. The van der Waals surface area contributed by atoms with Crippen LogP contribution in [0.25, 0.3) is 0 Å². The van der Waals surface area contributed by atoms with Crippen molar-refractivity contribution in [2.75, 3.05) is 26.2 Å². The number of piperidine rings is 1. The van der Waals surface area contributed by atoms with Crippen molar-refractivity contribution in [2.24, 2.45) is 5.92 Å². The van der Waals surface area contributed by atoms with E-state index in [1.807, 2.05) is 6.92 Å². The summed E-state index contributed by atoms with van der Waals surface area (Å²) in [6, 6.07) is 8.30. The van der Waals surface area contributed by atoms with E-state index in [1.165, 1.54) is 4.31 Å². The standard InChI is InChI=1S/C17H25N3O4S/c1-2-10-18-16(21)13-19-17(22)14-8-11-20(12-9-14)25(23,24)15-6-4-3-5-7-15/h3-7,14H,2,8-13H2,1H3,(H,18,21)(H,19,22). The SMILES string of the molecule is CCCNC(=O)CNC(=O)C1CCN(S(=O)(=O)c2ccccc2)CC1. The van der Waals surface area contributed by atoms with E-state index < -0.39 is 10.0 Å². The molecule has 0 aliphatic carbocycles. The summed E-state index contributed by atoms with van der Waals surface area (Å²) in [4.78, 5) is 23.9. The lowest BCUT2D eigenvalue weighted by molar-refractivity contribution is -0.129. The van der Waals surface area contributed by atoms with Gasteiger partial charge in [0.2, 0.25) is 21.8 Å². The summed E-state index contributed by atoms with van der Waals surface area (Å²) in [7, 11) is -3.51. The molecule has 1 heterocycles. The number of benzene rings is 1. The second-order valence-electron chi connectivity index (χ2n) is 6.06. The maximum Gasteiger partial charge on any atom is 0.243 e. The zero-order chi connectivity index (χ0) is 18.3. The molecule has 8 heteroatoms. The molecule has 2 N–H and O–H groups in total. The van der Waals surface area contributed by atoms with Crippen molar-refractivity contribution >= 4 is 21.8 Å².